The lowest BCUT2D eigenvalue weighted by atomic mass is 9.69. The zero-order valence-corrected chi connectivity index (χ0v) is 16.3. The molecule has 2 aromatic rings. The highest BCUT2D eigenvalue weighted by molar-refractivity contribution is 5.78. The van der Waals surface area contributed by atoms with Crippen LogP contribution in [0.3, 0.4) is 0 Å². The van der Waals surface area contributed by atoms with E-state index in [-0.39, 0.29) is 11.3 Å². The van der Waals surface area contributed by atoms with Crippen LogP contribution >= 0.6 is 0 Å². The maximum absolute atomic E-state index is 12.5. The number of nitrogens with one attached hydrogen (secondary N) is 1. The number of methoxy groups -OCH3 is 2. The number of ether oxygens (including phenoxy) is 2. The van der Waals surface area contributed by atoms with Crippen molar-refractivity contribution in [3.63, 3.8) is 0 Å². The Kier molecular flexibility index (Phi) is 6.38. The van der Waals surface area contributed by atoms with Gasteiger partial charge in [-0.05, 0) is 36.1 Å². The zero-order valence-electron chi connectivity index (χ0n) is 16.3. The molecule has 0 aliphatic heterocycles. The van der Waals surface area contributed by atoms with Crippen molar-refractivity contribution in [2.24, 2.45) is 0 Å². The van der Waals surface area contributed by atoms with Crippen molar-refractivity contribution < 1.29 is 14.3 Å². The van der Waals surface area contributed by atoms with Crippen molar-refractivity contribution in [2.75, 3.05) is 20.8 Å². The van der Waals surface area contributed by atoms with Gasteiger partial charge < -0.3 is 14.8 Å². The fourth-order valence-corrected chi connectivity index (χ4v) is 4.07. The van der Waals surface area contributed by atoms with Crippen LogP contribution in [0.25, 0.3) is 0 Å². The van der Waals surface area contributed by atoms with Gasteiger partial charge in [-0.2, -0.15) is 0 Å². The first-order valence-corrected chi connectivity index (χ1v) is 9.70. The molecule has 0 spiro atoms. The summed E-state index contributed by atoms with van der Waals surface area (Å²) in [4.78, 5) is 12.5. The zero-order chi connectivity index (χ0) is 19.1. The minimum Gasteiger partial charge on any atom is -0.493 e. The molecule has 0 atom stereocenters. The molecular weight excluding hydrogens is 338 g/mol. The van der Waals surface area contributed by atoms with Gasteiger partial charge in [-0.1, -0.05) is 55.7 Å². The van der Waals surface area contributed by atoms with E-state index in [4.69, 9.17) is 9.47 Å². The maximum Gasteiger partial charge on any atom is 0.224 e. The first-order valence-electron chi connectivity index (χ1n) is 9.70. The highest BCUT2D eigenvalue weighted by atomic mass is 16.5. The minimum atomic E-state index is -0.0376. The Balaban J connectivity index is 1.76. The van der Waals surface area contributed by atoms with Crippen molar-refractivity contribution in [1.82, 2.24) is 5.32 Å². The predicted molar refractivity (Wildman–Crippen MR) is 107 cm³/mol. The number of benzene rings is 2. The van der Waals surface area contributed by atoms with Crippen LogP contribution in [0.1, 0.15) is 43.2 Å². The third-order valence-electron chi connectivity index (χ3n) is 5.64. The molecule has 2 aromatic carbocycles. The smallest absolute Gasteiger partial charge is 0.224 e. The van der Waals surface area contributed by atoms with E-state index in [1.54, 1.807) is 14.2 Å². The summed E-state index contributed by atoms with van der Waals surface area (Å²) in [5, 5.41) is 3.20. The molecule has 1 aliphatic carbocycles. The van der Waals surface area contributed by atoms with Gasteiger partial charge in [-0.3, -0.25) is 4.79 Å². The second-order valence-corrected chi connectivity index (χ2v) is 7.35. The monoisotopic (exact) mass is 367 g/mol. The molecule has 1 fully saturated rings. The van der Waals surface area contributed by atoms with Gasteiger partial charge in [0, 0.05) is 12.0 Å². The summed E-state index contributed by atoms with van der Waals surface area (Å²) in [5.41, 5.74) is 2.23. The first-order chi connectivity index (χ1) is 13.2. The summed E-state index contributed by atoms with van der Waals surface area (Å²) in [6.07, 6.45) is 6.20. The Hall–Kier alpha value is -2.49. The third kappa shape index (κ3) is 4.62. The topological polar surface area (TPSA) is 47.6 Å². The lowest BCUT2D eigenvalue weighted by Crippen LogP contribution is -2.42. The second-order valence-electron chi connectivity index (χ2n) is 7.35. The Morgan fingerprint density at radius 3 is 2.33 bits per heavy atom. The van der Waals surface area contributed by atoms with E-state index in [0.29, 0.717) is 13.0 Å². The van der Waals surface area contributed by atoms with Crippen molar-refractivity contribution >= 4 is 5.91 Å². The molecule has 0 saturated heterocycles. The molecule has 0 unspecified atom stereocenters. The Morgan fingerprint density at radius 2 is 1.67 bits per heavy atom. The fraction of sp³-hybridized carbons (Fsp3) is 0.435. The number of rotatable bonds is 7. The van der Waals surface area contributed by atoms with Crippen molar-refractivity contribution in [2.45, 2.75) is 43.9 Å². The normalized spacial score (nSPS) is 15.8. The molecule has 0 radical (unpaired) electrons. The summed E-state index contributed by atoms with van der Waals surface area (Å²) in [7, 11) is 3.31. The summed E-state index contributed by atoms with van der Waals surface area (Å²) in [6, 6.07) is 16.0. The lowest BCUT2D eigenvalue weighted by Gasteiger charge is -2.38. The van der Waals surface area contributed by atoms with Crippen LogP contribution < -0.4 is 14.8 Å². The van der Waals surface area contributed by atoms with E-state index in [1.165, 1.54) is 24.8 Å². The molecule has 4 nitrogen and oxygen atoms in total. The number of hydrogen-bond acceptors (Lipinski definition) is 3. The first kappa shape index (κ1) is 19.3. The summed E-state index contributed by atoms with van der Waals surface area (Å²) >= 11 is 0. The van der Waals surface area contributed by atoms with Gasteiger partial charge in [0.05, 0.1) is 20.6 Å². The summed E-state index contributed by atoms with van der Waals surface area (Å²) in [6.45, 7) is 0.661. The van der Waals surface area contributed by atoms with Gasteiger partial charge in [-0.25, -0.2) is 0 Å². The molecule has 3 rings (SSSR count). The van der Waals surface area contributed by atoms with E-state index in [2.05, 4.69) is 17.4 Å². The Bertz CT molecular complexity index is 751. The Labute approximate surface area is 161 Å². The average Bonchev–Trinajstić information content (AvgIpc) is 2.73. The van der Waals surface area contributed by atoms with E-state index < -0.39 is 0 Å². The van der Waals surface area contributed by atoms with Crippen molar-refractivity contribution in [1.29, 1.82) is 0 Å². The van der Waals surface area contributed by atoms with Crippen LogP contribution in [-0.2, 0) is 16.6 Å². The number of amides is 1. The van der Waals surface area contributed by atoms with Crippen LogP contribution in [0.2, 0.25) is 0 Å². The van der Waals surface area contributed by atoms with Gasteiger partial charge in [0.2, 0.25) is 5.91 Å². The van der Waals surface area contributed by atoms with Crippen LogP contribution in [-0.4, -0.2) is 26.7 Å². The Morgan fingerprint density at radius 1 is 0.963 bits per heavy atom. The third-order valence-corrected chi connectivity index (χ3v) is 5.64. The number of carbonyl (C=O) groups is 1. The van der Waals surface area contributed by atoms with Crippen LogP contribution in [0.5, 0.6) is 11.5 Å². The standard InChI is InChI=1S/C23H29NO3/c1-26-20-12-11-19(16-21(20)27-2)23(13-7-4-8-14-23)17-24-22(25)15-18-9-5-3-6-10-18/h3,5-6,9-12,16H,4,7-8,13-15,17H2,1-2H3,(H,24,25). The molecule has 4 heteroatoms. The van der Waals surface area contributed by atoms with Gasteiger partial charge in [-0.15, -0.1) is 0 Å². The predicted octanol–water partition coefficient (Wildman–Crippen LogP) is 4.26. The molecule has 1 saturated carbocycles. The van der Waals surface area contributed by atoms with Gasteiger partial charge in [0.15, 0.2) is 11.5 Å². The van der Waals surface area contributed by atoms with Crippen LogP contribution in [0.15, 0.2) is 48.5 Å². The highest BCUT2D eigenvalue weighted by Gasteiger charge is 2.35. The van der Waals surface area contributed by atoms with Crippen LogP contribution in [0, 0.1) is 0 Å². The maximum atomic E-state index is 12.5. The average molecular weight is 367 g/mol. The molecule has 27 heavy (non-hydrogen) atoms. The number of hydrogen-bond donors (Lipinski definition) is 1. The molecule has 1 amide bonds. The van der Waals surface area contributed by atoms with E-state index >= 15 is 0 Å². The van der Waals surface area contributed by atoms with E-state index in [0.717, 1.165) is 29.9 Å². The second kappa shape index (κ2) is 8.94. The van der Waals surface area contributed by atoms with Crippen molar-refractivity contribution in [3.8, 4) is 11.5 Å². The van der Waals surface area contributed by atoms with Crippen molar-refractivity contribution in [3.05, 3.63) is 59.7 Å². The van der Waals surface area contributed by atoms with Gasteiger partial charge in [0.25, 0.3) is 0 Å². The molecule has 1 N–H and O–H groups in total. The van der Waals surface area contributed by atoms with E-state index in [1.807, 2.05) is 36.4 Å². The molecule has 144 valence electrons. The molecule has 0 heterocycles. The molecule has 0 bridgehead atoms. The summed E-state index contributed by atoms with van der Waals surface area (Å²) in [5.74, 6) is 1.56. The number of carbonyl (C=O) groups excluding carboxylic acids is 1. The minimum absolute atomic E-state index is 0.0376. The quantitative estimate of drug-likeness (QED) is 0.795. The van der Waals surface area contributed by atoms with Crippen LogP contribution in [0.4, 0.5) is 0 Å². The van der Waals surface area contributed by atoms with Gasteiger partial charge in [0.1, 0.15) is 0 Å². The fourth-order valence-electron chi connectivity index (χ4n) is 4.07. The summed E-state index contributed by atoms with van der Waals surface area (Å²) < 4.78 is 10.9. The van der Waals surface area contributed by atoms with Gasteiger partial charge >= 0.3 is 0 Å². The molecule has 1 aliphatic rings. The lowest BCUT2D eigenvalue weighted by molar-refractivity contribution is -0.120. The SMILES string of the molecule is COc1ccc(C2(CNC(=O)Cc3ccccc3)CCCCC2)cc1OC. The molecule has 0 aromatic heterocycles. The largest absolute Gasteiger partial charge is 0.493 e. The molecular formula is C23H29NO3. The van der Waals surface area contributed by atoms with E-state index in [9.17, 15) is 4.79 Å². The highest BCUT2D eigenvalue weighted by Crippen LogP contribution is 2.42.